The van der Waals surface area contributed by atoms with Gasteiger partial charge in [-0.25, -0.2) is 4.98 Å². The molecule has 0 unspecified atom stereocenters. The molecule has 0 spiro atoms. The van der Waals surface area contributed by atoms with Crippen molar-refractivity contribution in [2.75, 3.05) is 37.7 Å². The number of amides is 1. The SMILES string of the molecule is C=C/C=C(/OC[C@H]1CCCN(C(=O)c2ccnc(N(CC)CC)c2)C1)C1=C(C)NS(=O)(=O)N=C1N. The van der Waals surface area contributed by atoms with E-state index < -0.39 is 10.2 Å². The van der Waals surface area contributed by atoms with Crippen molar-refractivity contribution in [2.45, 2.75) is 33.6 Å². The maximum atomic E-state index is 13.2. The van der Waals surface area contributed by atoms with Gasteiger partial charge in [0.15, 0.2) is 5.84 Å². The molecule has 2 aliphatic heterocycles. The molecule has 1 atom stereocenters. The van der Waals surface area contributed by atoms with E-state index in [4.69, 9.17) is 10.5 Å². The number of hydrogen-bond donors (Lipinski definition) is 2. The Hall–Kier alpha value is -3.34. The van der Waals surface area contributed by atoms with Gasteiger partial charge in [-0.3, -0.25) is 9.52 Å². The van der Waals surface area contributed by atoms with Crippen LogP contribution in [0.1, 0.15) is 44.0 Å². The molecule has 190 valence electrons. The van der Waals surface area contributed by atoms with Crippen molar-refractivity contribution < 1.29 is 17.9 Å². The molecule has 1 amide bonds. The second-order valence-corrected chi connectivity index (χ2v) is 9.80. The third-order valence-electron chi connectivity index (χ3n) is 6.01. The van der Waals surface area contributed by atoms with Gasteiger partial charge in [-0.05, 0) is 51.8 Å². The quantitative estimate of drug-likeness (QED) is 0.391. The molecule has 35 heavy (non-hydrogen) atoms. The second-order valence-electron chi connectivity index (χ2n) is 8.47. The van der Waals surface area contributed by atoms with Gasteiger partial charge in [0.25, 0.3) is 5.91 Å². The fourth-order valence-electron chi connectivity index (χ4n) is 4.30. The van der Waals surface area contributed by atoms with Crippen molar-refractivity contribution in [3.63, 3.8) is 0 Å². The van der Waals surface area contributed by atoms with E-state index in [1.54, 1.807) is 31.3 Å². The standard InChI is InChI=1S/C24H34N6O4S/c1-5-9-20(22-17(4)27-35(32,33)28-23(22)25)34-16-18-10-8-13-30(15-18)24(31)19-11-12-26-21(14-19)29(6-2)7-3/h5,9,11-12,14,18,27H,1,6-8,10,13,15-16H2,2-4H3,(H2,25,28)/b20-9+/t18-/m0/s1. The Morgan fingerprint density at radius 3 is 2.80 bits per heavy atom. The molecular weight excluding hydrogens is 468 g/mol. The Bertz CT molecular complexity index is 1150. The topological polar surface area (TPSA) is 130 Å². The summed E-state index contributed by atoms with van der Waals surface area (Å²) < 4.78 is 35.5. The Labute approximate surface area is 207 Å². The Kier molecular flexibility index (Phi) is 8.55. The largest absolute Gasteiger partial charge is 0.492 e. The van der Waals surface area contributed by atoms with E-state index in [-0.39, 0.29) is 17.7 Å². The smallest absolute Gasteiger partial charge is 0.343 e. The number of pyridine rings is 1. The van der Waals surface area contributed by atoms with Crippen LogP contribution in [0.5, 0.6) is 0 Å². The summed E-state index contributed by atoms with van der Waals surface area (Å²) in [5, 5.41) is 0. The van der Waals surface area contributed by atoms with E-state index in [9.17, 15) is 13.2 Å². The molecule has 0 saturated carbocycles. The number of nitrogens with zero attached hydrogens (tertiary/aromatic N) is 4. The molecule has 10 nitrogen and oxygen atoms in total. The molecule has 1 fully saturated rings. The summed E-state index contributed by atoms with van der Waals surface area (Å²) in [5.41, 5.74) is 7.25. The van der Waals surface area contributed by atoms with Crippen molar-refractivity contribution >= 4 is 27.8 Å². The van der Waals surface area contributed by atoms with E-state index in [2.05, 4.69) is 39.4 Å². The fourth-order valence-corrected chi connectivity index (χ4v) is 5.19. The maximum Gasteiger partial charge on any atom is 0.343 e. The molecule has 0 bridgehead atoms. The van der Waals surface area contributed by atoms with E-state index in [1.165, 1.54) is 0 Å². The lowest BCUT2D eigenvalue weighted by atomic mass is 9.98. The number of rotatable bonds is 9. The lowest BCUT2D eigenvalue weighted by molar-refractivity contribution is 0.0592. The predicted octanol–water partition coefficient (Wildman–Crippen LogP) is 2.35. The number of ether oxygens (including phenoxy) is 1. The zero-order valence-corrected chi connectivity index (χ0v) is 21.3. The lowest BCUT2D eigenvalue weighted by Crippen LogP contribution is -2.41. The van der Waals surface area contributed by atoms with Crippen molar-refractivity contribution in [3.8, 4) is 0 Å². The zero-order valence-electron chi connectivity index (χ0n) is 20.5. The van der Waals surface area contributed by atoms with Crippen molar-refractivity contribution in [3.05, 3.63) is 59.7 Å². The number of aromatic nitrogens is 1. The summed E-state index contributed by atoms with van der Waals surface area (Å²) in [6.07, 6.45) is 6.61. The molecular formula is C24H34N6O4S. The average Bonchev–Trinajstić information content (AvgIpc) is 2.82. The number of likely N-dealkylation sites (tertiary alicyclic amines) is 1. The summed E-state index contributed by atoms with van der Waals surface area (Å²) in [5.74, 6) is 1.11. The van der Waals surface area contributed by atoms with E-state index >= 15 is 0 Å². The number of anilines is 1. The van der Waals surface area contributed by atoms with Crippen LogP contribution in [0.2, 0.25) is 0 Å². The minimum absolute atomic E-state index is 0.0241. The highest BCUT2D eigenvalue weighted by Gasteiger charge is 2.28. The molecule has 2 aliphatic rings. The van der Waals surface area contributed by atoms with Crippen LogP contribution in [0.4, 0.5) is 5.82 Å². The van der Waals surface area contributed by atoms with Crippen LogP contribution in [-0.4, -0.2) is 62.8 Å². The third-order valence-corrected chi connectivity index (χ3v) is 7.01. The molecule has 3 heterocycles. The van der Waals surface area contributed by atoms with Gasteiger partial charge < -0.3 is 20.3 Å². The van der Waals surface area contributed by atoms with Crippen LogP contribution in [-0.2, 0) is 14.9 Å². The van der Waals surface area contributed by atoms with E-state index in [0.717, 1.165) is 31.7 Å². The lowest BCUT2D eigenvalue weighted by Gasteiger charge is -2.33. The second kappa shape index (κ2) is 11.4. The minimum atomic E-state index is -3.86. The van der Waals surface area contributed by atoms with E-state index in [1.807, 2.05) is 11.0 Å². The van der Waals surface area contributed by atoms with Gasteiger partial charge in [0.05, 0.1) is 12.2 Å². The van der Waals surface area contributed by atoms with Crippen LogP contribution in [0.15, 0.2) is 58.5 Å². The first kappa shape index (κ1) is 26.3. The number of piperidine rings is 1. The third kappa shape index (κ3) is 6.41. The Balaban J connectivity index is 1.69. The number of nitrogens with two attached hydrogens (primary N) is 1. The van der Waals surface area contributed by atoms with Gasteiger partial charge in [-0.1, -0.05) is 12.7 Å². The number of allylic oxidation sites excluding steroid dienone is 3. The summed E-state index contributed by atoms with van der Waals surface area (Å²) in [7, 11) is -3.86. The van der Waals surface area contributed by atoms with Crippen LogP contribution < -0.4 is 15.4 Å². The first-order valence-corrected chi connectivity index (χ1v) is 13.2. The van der Waals surface area contributed by atoms with Crippen molar-refractivity contribution in [2.24, 2.45) is 16.0 Å². The predicted molar refractivity (Wildman–Crippen MR) is 137 cm³/mol. The number of amidine groups is 1. The zero-order chi connectivity index (χ0) is 25.6. The maximum absolute atomic E-state index is 13.2. The summed E-state index contributed by atoms with van der Waals surface area (Å²) in [6.45, 7) is 12.6. The molecule has 0 radical (unpaired) electrons. The fraction of sp³-hybridized carbons (Fsp3) is 0.458. The molecule has 0 aromatic carbocycles. The number of carbonyl (C=O) groups is 1. The molecule has 1 aromatic rings. The van der Waals surface area contributed by atoms with Crippen LogP contribution in [0.3, 0.4) is 0 Å². The van der Waals surface area contributed by atoms with Gasteiger partial charge >= 0.3 is 10.2 Å². The highest BCUT2D eigenvalue weighted by atomic mass is 32.2. The highest BCUT2D eigenvalue weighted by Crippen LogP contribution is 2.25. The van der Waals surface area contributed by atoms with Gasteiger partial charge in [-0.15, -0.1) is 4.40 Å². The summed E-state index contributed by atoms with van der Waals surface area (Å²) in [6, 6.07) is 3.60. The minimum Gasteiger partial charge on any atom is -0.492 e. The molecule has 3 rings (SSSR count). The molecule has 1 saturated heterocycles. The van der Waals surface area contributed by atoms with Gasteiger partial charge in [0, 0.05) is 49.6 Å². The van der Waals surface area contributed by atoms with Gasteiger partial charge in [-0.2, -0.15) is 8.42 Å². The van der Waals surface area contributed by atoms with Crippen molar-refractivity contribution in [1.82, 2.24) is 14.6 Å². The monoisotopic (exact) mass is 502 g/mol. The van der Waals surface area contributed by atoms with Crippen molar-refractivity contribution in [1.29, 1.82) is 0 Å². The molecule has 3 N–H and O–H groups in total. The van der Waals surface area contributed by atoms with E-state index in [0.29, 0.717) is 42.3 Å². The first-order valence-electron chi connectivity index (χ1n) is 11.7. The molecule has 1 aromatic heterocycles. The Morgan fingerprint density at radius 1 is 1.40 bits per heavy atom. The molecule has 11 heteroatoms. The normalized spacial score (nSPS) is 20.1. The number of nitrogens with one attached hydrogen (secondary N) is 1. The number of hydrogen-bond acceptors (Lipinski definition) is 7. The van der Waals surface area contributed by atoms with Gasteiger partial charge in [0.2, 0.25) is 0 Å². The molecule has 0 aliphatic carbocycles. The van der Waals surface area contributed by atoms with Crippen LogP contribution in [0.25, 0.3) is 0 Å². The highest BCUT2D eigenvalue weighted by molar-refractivity contribution is 7.88. The van der Waals surface area contributed by atoms with Crippen LogP contribution >= 0.6 is 0 Å². The number of carbonyl (C=O) groups excluding carboxylic acids is 1. The summed E-state index contributed by atoms with van der Waals surface area (Å²) >= 11 is 0. The van der Waals surface area contributed by atoms with Gasteiger partial charge in [0.1, 0.15) is 11.6 Å². The summed E-state index contributed by atoms with van der Waals surface area (Å²) in [4.78, 5) is 21.6. The van der Waals surface area contributed by atoms with Crippen LogP contribution in [0, 0.1) is 5.92 Å². The average molecular weight is 503 g/mol. The Morgan fingerprint density at radius 2 is 2.14 bits per heavy atom. The first-order chi connectivity index (χ1) is 16.7.